The van der Waals surface area contributed by atoms with Crippen LogP contribution in [0.5, 0.6) is 0 Å². The van der Waals surface area contributed by atoms with Crippen LogP contribution in [-0.2, 0) is 0 Å². The first-order valence-corrected chi connectivity index (χ1v) is 5.14. The zero-order chi connectivity index (χ0) is 11.7. The highest BCUT2D eigenvalue weighted by Crippen LogP contribution is 2.19. The van der Waals surface area contributed by atoms with Crippen LogP contribution in [0, 0.1) is 12.7 Å². The summed E-state index contributed by atoms with van der Waals surface area (Å²) in [5, 5.41) is 0. The van der Waals surface area contributed by atoms with E-state index in [0.717, 1.165) is 16.9 Å². The molecule has 2 rings (SSSR count). The molecule has 3 nitrogen and oxygen atoms in total. The van der Waals surface area contributed by atoms with E-state index in [4.69, 9.17) is 5.73 Å². The quantitative estimate of drug-likeness (QED) is 0.842. The highest BCUT2D eigenvalue weighted by molar-refractivity contribution is 5.42. The Balaban J connectivity index is 2.54. The first-order valence-electron chi connectivity index (χ1n) is 5.14. The molecule has 0 spiro atoms. The van der Waals surface area contributed by atoms with E-state index in [2.05, 4.69) is 4.98 Å². The van der Waals surface area contributed by atoms with Gasteiger partial charge in [-0.15, -0.1) is 0 Å². The number of benzene rings is 1. The first kappa shape index (κ1) is 10.8. The minimum Gasteiger partial charge on any atom is -0.323 e. The van der Waals surface area contributed by atoms with Gasteiger partial charge in [-0.05, 0) is 37.6 Å². The van der Waals surface area contributed by atoms with E-state index in [-0.39, 0.29) is 11.9 Å². The molecule has 0 saturated heterocycles. The standard InChI is InChI=1S/C12H14FN3/c1-8-5-10(13)3-4-11(8)16-7-15-6-12(16)9(2)14/h3-7,9H,14H2,1-2H3. The Labute approximate surface area is 93.7 Å². The van der Waals surface area contributed by atoms with Crippen molar-refractivity contribution >= 4 is 0 Å². The number of nitrogens with zero attached hydrogens (tertiary/aromatic N) is 2. The Morgan fingerprint density at radius 2 is 2.19 bits per heavy atom. The van der Waals surface area contributed by atoms with E-state index in [1.54, 1.807) is 18.6 Å². The molecule has 0 saturated carbocycles. The second kappa shape index (κ2) is 4.06. The van der Waals surface area contributed by atoms with Crippen LogP contribution in [0.1, 0.15) is 24.2 Å². The molecule has 84 valence electrons. The number of aromatic nitrogens is 2. The number of aryl methyl sites for hydroxylation is 1. The summed E-state index contributed by atoms with van der Waals surface area (Å²) in [5.41, 5.74) is 8.52. The van der Waals surface area contributed by atoms with Gasteiger partial charge in [-0.3, -0.25) is 0 Å². The predicted molar refractivity (Wildman–Crippen MR) is 60.9 cm³/mol. The van der Waals surface area contributed by atoms with Crippen LogP contribution in [0.4, 0.5) is 4.39 Å². The molecular weight excluding hydrogens is 205 g/mol. The topological polar surface area (TPSA) is 43.8 Å². The van der Waals surface area contributed by atoms with Gasteiger partial charge in [-0.2, -0.15) is 0 Å². The third kappa shape index (κ3) is 1.84. The van der Waals surface area contributed by atoms with Crippen LogP contribution in [0.25, 0.3) is 5.69 Å². The first-order chi connectivity index (χ1) is 7.59. The van der Waals surface area contributed by atoms with Gasteiger partial charge >= 0.3 is 0 Å². The number of nitrogens with two attached hydrogens (primary N) is 1. The Morgan fingerprint density at radius 1 is 1.44 bits per heavy atom. The molecule has 0 amide bonds. The fourth-order valence-corrected chi connectivity index (χ4v) is 1.73. The van der Waals surface area contributed by atoms with E-state index < -0.39 is 0 Å². The fraction of sp³-hybridized carbons (Fsp3) is 0.250. The lowest BCUT2D eigenvalue weighted by Crippen LogP contribution is -2.11. The molecule has 0 radical (unpaired) electrons. The lowest BCUT2D eigenvalue weighted by Gasteiger charge is -2.13. The molecule has 0 aliphatic heterocycles. The molecule has 4 heteroatoms. The zero-order valence-electron chi connectivity index (χ0n) is 9.31. The molecule has 1 aromatic carbocycles. The van der Waals surface area contributed by atoms with Gasteiger partial charge in [0.15, 0.2) is 0 Å². The molecule has 0 fully saturated rings. The number of hydrogen-bond acceptors (Lipinski definition) is 2. The molecule has 1 atom stereocenters. The predicted octanol–water partition coefficient (Wildman–Crippen LogP) is 2.34. The average molecular weight is 219 g/mol. The molecule has 16 heavy (non-hydrogen) atoms. The Morgan fingerprint density at radius 3 is 2.81 bits per heavy atom. The lowest BCUT2D eigenvalue weighted by molar-refractivity contribution is 0.625. The smallest absolute Gasteiger partial charge is 0.123 e. The van der Waals surface area contributed by atoms with Crippen LogP contribution in [0.2, 0.25) is 0 Å². The summed E-state index contributed by atoms with van der Waals surface area (Å²) >= 11 is 0. The van der Waals surface area contributed by atoms with Crippen molar-refractivity contribution in [3.8, 4) is 5.69 Å². The van der Waals surface area contributed by atoms with Crippen molar-refractivity contribution in [2.75, 3.05) is 0 Å². The molecule has 1 aromatic heterocycles. The lowest BCUT2D eigenvalue weighted by atomic mass is 10.1. The number of imidazole rings is 1. The van der Waals surface area contributed by atoms with Crippen molar-refractivity contribution in [1.82, 2.24) is 9.55 Å². The summed E-state index contributed by atoms with van der Waals surface area (Å²) in [6.07, 6.45) is 3.42. The van der Waals surface area contributed by atoms with Gasteiger partial charge in [-0.1, -0.05) is 0 Å². The van der Waals surface area contributed by atoms with Crippen molar-refractivity contribution in [2.24, 2.45) is 5.73 Å². The Hall–Kier alpha value is -1.68. The number of halogens is 1. The zero-order valence-corrected chi connectivity index (χ0v) is 9.31. The maximum absolute atomic E-state index is 13.0. The maximum atomic E-state index is 13.0. The van der Waals surface area contributed by atoms with E-state index in [0.29, 0.717) is 0 Å². The maximum Gasteiger partial charge on any atom is 0.123 e. The van der Waals surface area contributed by atoms with Gasteiger partial charge in [0.05, 0.1) is 18.2 Å². The molecule has 0 aliphatic rings. The number of rotatable bonds is 2. The summed E-state index contributed by atoms with van der Waals surface area (Å²) in [4.78, 5) is 4.07. The molecule has 2 aromatic rings. The Kier molecular flexibility index (Phi) is 2.75. The van der Waals surface area contributed by atoms with Crippen molar-refractivity contribution in [3.05, 3.63) is 47.8 Å². The second-order valence-electron chi connectivity index (χ2n) is 3.91. The SMILES string of the molecule is Cc1cc(F)ccc1-n1cncc1C(C)N. The third-order valence-electron chi connectivity index (χ3n) is 2.55. The van der Waals surface area contributed by atoms with E-state index in [1.165, 1.54) is 12.1 Å². The van der Waals surface area contributed by atoms with Gasteiger partial charge in [0.1, 0.15) is 5.82 Å². The summed E-state index contributed by atoms with van der Waals surface area (Å²) in [6.45, 7) is 3.76. The minimum absolute atomic E-state index is 0.105. The van der Waals surface area contributed by atoms with Crippen molar-refractivity contribution in [3.63, 3.8) is 0 Å². The van der Waals surface area contributed by atoms with Gasteiger partial charge in [0.25, 0.3) is 0 Å². The van der Waals surface area contributed by atoms with Crippen molar-refractivity contribution < 1.29 is 4.39 Å². The largest absolute Gasteiger partial charge is 0.323 e. The number of hydrogen-bond donors (Lipinski definition) is 1. The molecule has 0 bridgehead atoms. The van der Waals surface area contributed by atoms with Gasteiger partial charge < -0.3 is 10.3 Å². The van der Waals surface area contributed by atoms with Crippen LogP contribution in [0.3, 0.4) is 0 Å². The van der Waals surface area contributed by atoms with E-state index in [1.807, 2.05) is 18.4 Å². The highest BCUT2D eigenvalue weighted by Gasteiger charge is 2.10. The van der Waals surface area contributed by atoms with E-state index >= 15 is 0 Å². The normalized spacial score (nSPS) is 12.8. The second-order valence-corrected chi connectivity index (χ2v) is 3.91. The van der Waals surface area contributed by atoms with Gasteiger partial charge in [0, 0.05) is 11.7 Å². The van der Waals surface area contributed by atoms with Crippen LogP contribution in [-0.4, -0.2) is 9.55 Å². The van der Waals surface area contributed by atoms with Crippen LogP contribution < -0.4 is 5.73 Å². The summed E-state index contributed by atoms with van der Waals surface area (Å²) in [6, 6.07) is 4.57. The Bertz CT molecular complexity index is 503. The van der Waals surface area contributed by atoms with Gasteiger partial charge in [0.2, 0.25) is 0 Å². The van der Waals surface area contributed by atoms with Crippen molar-refractivity contribution in [1.29, 1.82) is 0 Å². The van der Waals surface area contributed by atoms with E-state index in [9.17, 15) is 4.39 Å². The molecule has 1 unspecified atom stereocenters. The summed E-state index contributed by atoms with van der Waals surface area (Å²) in [7, 11) is 0. The summed E-state index contributed by atoms with van der Waals surface area (Å²) in [5.74, 6) is -0.233. The minimum atomic E-state index is -0.233. The molecule has 1 heterocycles. The fourth-order valence-electron chi connectivity index (χ4n) is 1.73. The average Bonchev–Trinajstić information content (AvgIpc) is 2.66. The molecule has 2 N–H and O–H groups in total. The third-order valence-corrected chi connectivity index (χ3v) is 2.55. The molecule has 0 aliphatic carbocycles. The van der Waals surface area contributed by atoms with Gasteiger partial charge in [-0.25, -0.2) is 9.37 Å². The van der Waals surface area contributed by atoms with Crippen LogP contribution in [0.15, 0.2) is 30.7 Å². The van der Waals surface area contributed by atoms with Crippen LogP contribution >= 0.6 is 0 Å². The molecular formula is C12H14FN3. The van der Waals surface area contributed by atoms with Crippen molar-refractivity contribution in [2.45, 2.75) is 19.9 Å². The highest BCUT2D eigenvalue weighted by atomic mass is 19.1. The monoisotopic (exact) mass is 219 g/mol. The summed E-state index contributed by atoms with van der Waals surface area (Å²) < 4.78 is 14.9.